The van der Waals surface area contributed by atoms with Crippen molar-refractivity contribution >= 4 is 27.3 Å². The summed E-state index contributed by atoms with van der Waals surface area (Å²) >= 11 is 0. The number of nitrogens with zero attached hydrogens (tertiary/aromatic N) is 2. The molecule has 2 aromatic carbocycles. The van der Waals surface area contributed by atoms with Gasteiger partial charge in [0.15, 0.2) is 9.84 Å². The van der Waals surface area contributed by atoms with Crippen molar-refractivity contribution in [3.63, 3.8) is 0 Å². The number of hydrogen-bond donors (Lipinski definition) is 2. The van der Waals surface area contributed by atoms with Gasteiger partial charge in [-0.3, -0.25) is 9.59 Å². The predicted octanol–water partition coefficient (Wildman–Crippen LogP) is 1.79. The number of aromatic nitrogens is 2. The van der Waals surface area contributed by atoms with Gasteiger partial charge >= 0.3 is 0 Å². The first-order valence-electron chi connectivity index (χ1n) is 8.75. The molecule has 150 valence electrons. The number of sulfone groups is 1. The molecule has 3 rings (SSSR count). The van der Waals surface area contributed by atoms with E-state index >= 15 is 0 Å². The molecule has 2 N–H and O–H groups in total. The number of carbonyl (C=O) groups is 2. The van der Waals surface area contributed by atoms with Crippen molar-refractivity contribution in [1.29, 1.82) is 0 Å². The molecule has 1 heterocycles. The van der Waals surface area contributed by atoms with E-state index in [4.69, 9.17) is 0 Å². The normalized spacial score (nSPS) is 11.1. The van der Waals surface area contributed by atoms with Crippen LogP contribution in [0.1, 0.15) is 15.9 Å². The van der Waals surface area contributed by atoms with Gasteiger partial charge in [0.25, 0.3) is 5.91 Å². The van der Waals surface area contributed by atoms with Crippen molar-refractivity contribution in [3.05, 3.63) is 78.1 Å². The molecule has 0 radical (unpaired) electrons. The van der Waals surface area contributed by atoms with Gasteiger partial charge in [-0.15, -0.1) is 0 Å². The van der Waals surface area contributed by atoms with Crippen LogP contribution in [0.2, 0.25) is 0 Å². The Morgan fingerprint density at radius 2 is 1.83 bits per heavy atom. The van der Waals surface area contributed by atoms with E-state index in [0.717, 1.165) is 11.9 Å². The SMILES string of the molecule is CS(=O)(=O)Cc1cccc(C(=O)NCC(=O)Nc2ccc(-n3cccn3)cc2)c1. The van der Waals surface area contributed by atoms with Gasteiger partial charge in [0.05, 0.1) is 18.0 Å². The van der Waals surface area contributed by atoms with Crippen molar-refractivity contribution < 1.29 is 18.0 Å². The minimum absolute atomic E-state index is 0.150. The standard InChI is InChI=1S/C20H20N4O4S/c1-29(27,28)14-15-4-2-5-16(12-15)20(26)21-13-19(25)23-17-6-8-18(9-7-17)24-11-3-10-22-24/h2-12H,13-14H2,1H3,(H,21,26)(H,23,25). The molecular weight excluding hydrogens is 392 g/mol. The topological polar surface area (TPSA) is 110 Å². The second-order valence-electron chi connectivity index (χ2n) is 6.50. The largest absolute Gasteiger partial charge is 0.343 e. The van der Waals surface area contributed by atoms with Crippen molar-refractivity contribution in [3.8, 4) is 5.69 Å². The molecule has 0 saturated heterocycles. The number of rotatable bonds is 7. The van der Waals surface area contributed by atoms with E-state index in [9.17, 15) is 18.0 Å². The Morgan fingerprint density at radius 1 is 1.07 bits per heavy atom. The first-order chi connectivity index (χ1) is 13.8. The second kappa shape index (κ2) is 8.70. The van der Waals surface area contributed by atoms with Crippen LogP contribution in [-0.4, -0.2) is 42.8 Å². The van der Waals surface area contributed by atoms with E-state index in [1.165, 1.54) is 6.07 Å². The minimum atomic E-state index is -3.20. The Balaban J connectivity index is 1.54. The maximum absolute atomic E-state index is 12.2. The summed E-state index contributed by atoms with van der Waals surface area (Å²) in [6.45, 7) is -0.212. The number of amides is 2. The van der Waals surface area contributed by atoms with Gasteiger partial charge in [0.1, 0.15) is 0 Å². The highest BCUT2D eigenvalue weighted by molar-refractivity contribution is 7.89. The highest BCUT2D eigenvalue weighted by atomic mass is 32.2. The maximum atomic E-state index is 12.2. The van der Waals surface area contributed by atoms with Crippen molar-refractivity contribution in [2.45, 2.75) is 5.75 Å². The number of hydrogen-bond acceptors (Lipinski definition) is 5. The minimum Gasteiger partial charge on any atom is -0.343 e. The van der Waals surface area contributed by atoms with Gasteiger partial charge < -0.3 is 10.6 Å². The van der Waals surface area contributed by atoms with E-state index in [-0.39, 0.29) is 18.2 Å². The third-order valence-corrected chi connectivity index (χ3v) is 4.81. The maximum Gasteiger partial charge on any atom is 0.251 e. The molecule has 1 aromatic heterocycles. The Labute approximate surface area is 168 Å². The van der Waals surface area contributed by atoms with Crippen molar-refractivity contribution in [2.24, 2.45) is 0 Å². The average Bonchev–Trinajstić information content (AvgIpc) is 3.20. The molecular formula is C20H20N4O4S. The molecule has 0 bridgehead atoms. The first kappa shape index (κ1) is 20.3. The van der Waals surface area contributed by atoms with Crippen LogP contribution in [0.4, 0.5) is 5.69 Å². The summed E-state index contributed by atoms with van der Waals surface area (Å²) in [7, 11) is -3.20. The lowest BCUT2D eigenvalue weighted by molar-refractivity contribution is -0.115. The summed E-state index contributed by atoms with van der Waals surface area (Å²) in [5.74, 6) is -0.981. The molecule has 3 aromatic rings. The smallest absolute Gasteiger partial charge is 0.251 e. The summed E-state index contributed by atoms with van der Waals surface area (Å²) in [6.07, 6.45) is 4.62. The molecule has 0 aliphatic rings. The fourth-order valence-electron chi connectivity index (χ4n) is 2.69. The van der Waals surface area contributed by atoms with Crippen LogP contribution in [0.25, 0.3) is 5.69 Å². The Hall–Kier alpha value is -3.46. The van der Waals surface area contributed by atoms with Crippen LogP contribution >= 0.6 is 0 Å². The lowest BCUT2D eigenvalue weighted by Crippen LogP contribution is -2.32. The molecule has 0 atom stereocenters. The molecule has 0 spiro atoms. The average molecular weight is 412 g/mol. The highest BCUT2D eigenvalue weighted by Crippen LogP contribution is 2.12. The molecule has 0 aliphatic carbocycles. The monoisotopic (exact) mass is 412 g/mol. The number of anilines is 1. The summed E-state index contributed by atoms with van der Waals surface area (Å²) in [5, 5.41) is 9.36. The van der Waals surface area contributed by atoms with Crippen LogP contribution in [0.5, 0.6) is 0 Å². The van der Waals surface area contributed by atoms with E-state index in [1.54, 1.807) is 41.2 Å². The molecule has 29 heavy (non-hydrogen) atoms. The molecule has 0 aliphatic heterocycles. The quantitative estimate of drug-likeness (QED) is 0.615. The number of benzene rings is 2. The zero-order valence-electron chi connectivity index (χ0n) is 15.7. The zero-order chi connectivity index (χ0) is 20.9. The Bertz CT molecular complexity index is 1110. The lowest BCUT2D eigenvalue weighted by Gasteiger charge is -2.09. The molecule has 9 heteroatoms. The van der Waals surface area contributed by atoms with Crippen LogP contribution in [0.3, 0.4) is 0 Å². The Kier molecular flexibility index (Phi) is 6.08. The number of carbonyl (C=O) groups excluding carboxylic acids is 2. The summed E-state index contributed by atoms with van der Waals surface area (Å²) in [6, 6.07) is 15.2. The van der Waals surface area contributed by atoms with Gasteiger partial charge in [-0.1, -0.05) is 12.1 Å². The predicted molar refractivity (Wildman–Crippen MR) is 110 cm³/mol. The molecule has 0 fully saturated rings. The Morgan fingerprint density at radius 3 is 2.48 bits per heavy atom. The molecule has 0 saturated carbocycles. The number of nitrogens with one attached hydrogen (secondary N) is 2. The highest BCUT2D eigenvalue weighted by Gasteiger charge is 2.11. The van der Waals surface area contributed by atoms with Crippen LogP contribution in [-0.2, 0) is 20.4 Å². The van der Waals surface area contributed by atoms with Crippen LogP contribution < -0.4 is 10.6 Å². The van der Waals surface area contributed by atoms with Crippen LogP contribution in [0, 0.1) is 0 Å². The first-order valence-corrected chi connectivity index (χ1v) is 10.8. The fourth-order valence-corrected chi connectivity index (χ4v) is 3.48. The van der Waals surface area contributed by atoms with Crippen molar-refractivity contribution in [2.75, 3.05) is 18.1 Å². The molecule has 2 amide bonds. The summed E-state index contributed by atoms with van der Waals surface area (Å²) in [4.78, 5) is 24.3. The van der Waals surface area contributed by atoms with Crippen molar-refractivity contribution in [1.82, 2.24) is 15.1 Å². The van der Waals surface area contributed by atoms with Crippen LogP contribution in [0.15, 0.2) is 67.0 Å². The zero-order valence-corrected chi connectivity index (χ0v) is 16.5. The summed E-state index contributed by atoms with van der Waals surface area (Å²) < 4.78 is 24.5. The third kappa shape index (κ3) is 6.01. The molecule has 8 nitrogen and oxygen atoms in total. The molecule has 0 unspecified atom stereocenters. The van der Waals surface area contributed by atoms with E-state index in [2.05, 4.69) is 15.7 Å². The van der Waals surface area contributed by atoms with E-state index in [1.807, 2.05) is 24.4 Å². The second-order valence-corrected chi connectivity index (χ2v) is 8.64. The van der Waals surface area contributed by atoms with Gasteiger partial charge in [0, 0.05) is 29.9 Å². The van der Waals surface area contributed by atoms with Gasteiger partial charge in [-0.05, 0) is 48.0 Å². The fraction of sp³-hybridized carbons (Fsp3) is 0.150. The third-order valence-electron chi connectivity index (χ3n) is 3.95. The van der Waals surface area contributed by atoms with E-state index < -0.39 is 15.7 Å². The van der Waals surface area contributed by atoms with E-state index in [0.29, 0.717) is 16.8 Å². The van der Waals surface area contributed by atoms with Gasteiger partial charge in [-0.25, -0.2) is 13.1 Å². The van der Waals surface area contributed by atoms with Gasteiger partial charge in [0.2, 0.25) is 5.91 Å². The lowest BCUT2D eigenvalue weighted by atomic mass is 10.1. The summed E-state index contributed by atoms with van der Waals surface area (Å²) in [5.41, 5.74) is 2.26. The van der Waals surface area contributed by atoms with Gasteiger partial charge in [-0.2, -0.15) is 5.10 Å².